The van der Waals surface area contributed by atoms with Gasteiger partial charge in [-0.15, -0.1) is 0 Å². The lowest BCUT2D eigenvalue weighted by molar-refractivity contribution is -0.185. The summed E-state index contributed by atoms with van der Waals surface area (Å²) in [6.07, 6.45) is -2.85. The number of pyridine rings is 1. The van der Waals surface area contributed by atoms with Gasteiger partial charge in [0.15, 0.2) is 11.3 Å². The molecule has 3 nitrogen and oxygen atoms in total. The summed E-state index contributed by atoms with van der Waals surface area (Å²) in [5, 5.41) is 0. The average molecular weight is 260 g/mol. The molecule has 6 heteroatoms. The molecule has 0 aliphatic carbocycles. The van der Waals surface area contributed by atoms with Crippen molar-refractivity contribution in [3.05, 3.63) is 29.6 Å². The lowest BCUT2D eigenvalue weighted by atomic mass is 9.93. The third-order valence-electron chi connectivity index (χ3n) is 2.80. The van der Waals surface area contributed by atoms with E-state index in [1.807, 2.05) is 6.92 Å². The molecule has 18 heavy (non-hydrogen) atoms. The van der Waals surface area contributed by atoms with Crippen molar-refractivity contribution < 1.29 is 18.0 Å². The largest absolute Gasteiger partial charge is 0.413 e. The summed E-state index contributed by atoms with van der Waals surface area (Å²) in [6, 6.07) is 3.28. The number of halogens is 3. The SMILES string of the molecule is CCc1ccc(CC(=O)C(C)(N)C(F)(F)F)nc1. The Hall–Kier alpha value is -1.43. The van der Waals surface area contributed by atoms with Gasteiger partial charge in [-0.25, -0.2) is 0 Å². The Morgan fingerprint density at radius 2 is 2.00 bits per heavy atom. The van der Waals surface area contributed by atoms with Crippen LogP contribution in [0.5, 0.6) is 0 Å². The molecule has 0 fully saturated rings. The van der Waals surface area contributed by atoms with E-state index in [1.54, 1.807) is 18.3 Å². The molecule has 2 N–H and O–H groups in total. The second-order valence-electron chi connectivity index (χ2n) is 4.31. The van der Waals surface area contributed by atoms with Gasteiger partial charge < -0.3 is 5.73 Å². The molecule has 0 aliphatic heterocycles. The predicted octanol–water partition coefficient (Wildman–Crippen LogP) is 2.04. The van der Waals surface area contributed by atoms with Crippen LogP contribution in [0.4, 0.5) is 13.2 Å². The van der Waals surface area contributed by atoms with Gasteiger partial charge in [-0.3, -0.25) is 9.78 Å². The van der Waals surface area contributed by atoms with E-state index in [0.717, 1.165) is 12.0 Å². The first-order chi connectivity index (χ1) is 8.18. The molecule has 0 radical (unpaired) electrons. The van der Waals surface area contributed by atoms with Gasteiger partial charge in [0.05, 0.1) is 6.42 Å². The first-order valence-electron chi connectivity index (χ1n) is 5.51. The first kappa shape index (κ1) is 14.6. The standard InChI is InChI=1S/C12H15F3N2O/c1-3-8-4-5-9(17-7-8)6-10(18)11(2,16)12(13,14)15/h4-5,7H,3,6,16H2,1-2H3. The lowest BCUT2D eigenvalue weighted by Gasteiger charge is -2.25. The minimum atomic E-state index is -4.76. The molecular weight excluding hydrogens is 245 g/mol. The Kier molecular flexibility index (Phi) is 4.11. The van der Waals surface area contributed by atoms with Crippen molar-refractivity contribution in [2.24, 2.45) is 5.73 Å². The van der Waals surface area contributed by atoms with E-state index in [1.165, 1.54) is 0 Å². The Bertz CT molecular complexity index is 424. The number of nitrogens with zero attached hydrogens (tertiary/aromatic N) is 1. The van der Waals surface area contributed by atoms with Crippen LogP contribution in [0.1, 0.15) is 25.1 Å². The minimum absolute atomic E-state index is 0.290. The predicted molar refractivity (Wildman–Crippen MR) is 61.0 cm³/mol. The zero-order chi connectivity index (χ0) is 14.0. The Balaban J connectivity index is 2.81. The molecule has 0 aromatic carbocycles. The molecule has 0 saturated heterocycles. The molecule has 100 valence electrons. The topological polar surface area (TPSA) is 56.0 Å². The zero-order valence-corrected chi connectivity index (χ0v) is 10.2. The van der Waals surface area contributed by atoms with E-state index < -0.39 is 23.9 Å². The Morgan fingerprint density at radius 3 is 2.39 bits per heavy atom. The third-order valence-corrected chi connectivity index (χ3v) is 2.80. The van der Waals surface area contributed by atoms with Gasteiger partial charge in [-0.05, 0) is 25.0 Å². The van der Waals surface area contributed by atoms with Crippen LogP contribution in [-0.4, -0.2) is 22.5 Å². The van der Waals surface area contributed by atoms with Crippen LogP contribution in [0.3, 0.4) is 0 Å². The normalized spacial score (nSPS) is 15.2. The van der Waals surface area contributed by atoms with Crippen molar-refractivity contribution >= 4 is 5.78 Å². The maximum absolute atomic E-state index is 12.5. The first-order valence-corrected chi connectivity index (χ1v) is 5.51. The van der Waals surface area contributed by atoms with Crippen LogP contribution < -0.4 is 5.73 Å². The second kappa shape index (κ2) is 5.06. The van der Waals surface area contributed by atoms with Gasteiger partial charge in [-0.2, -0.15) is 13.2 Å². The Labute approximate surface area is 103 Å². The molecule has 0 amide bonds. The van der Waals surface area contributed by atoms with E-state index in [0.29, 0.717) is 6.92 Å². The van der Waals surface area contributed by atoms with Gasteiger partial charge in [-0.1, -0.05) is 13.0 Å². The molecule has 1 unspecified atom stereocenters. The number of hydrogen-bond donors (Lipinski definition) is 1. The van der Waals surface area contributed by atoms with Crippen molar-refractivity contribution in [1.82, 2.24) is 4.98 Å². The van der Waals surface area contributed by atoms with E-state index >= 15 is 0 Å². The summed E-state index contributed by atoms with van der Waals surface area (Å²) in [7, 11) is 0. The van der Waals surface area contributed by atoms with Crippen molar-refractivity contribution in [2.75, 3.05) is 0 Å². The summed E-state index contributed by atoms with van der Waals surface area (Å²) >= 11 is 0. The van der Waals surface area contributed by atoms with Crippen molar-refractivity contribution in [1.29, 1.82) is 0 Å². The average Bonchev–Trinajstić information content (AvgIpc) is 2.28. The van der Waals surface area contributed by atoms with Crippen LogP contribution in [0.15, 0.2) is 18.3 Å². The van der Waals surface area contributed by atoms with E-state index in [4.69, 9.17) is 5.73 Å². The number of rotatable bonds is 4. The highest BCUT2D eigenvalue weighted by Gasteiger charge is 2.53. The number of ketones is 1. The van der Waals surface area contributed by atoms with Crippen LogP contribution >= 0.6 is 0 Å². The molecule has 0 aliphatic rings. The molecule has 1 aromatic heterocycles. The summed E-state index contributed by atoms with van der Waals surface area (Å²) in [5.41, 5.74) is 3.45. The van der Waals surface area contributed by atoms with E-state index in [9.17, 15) is 18.0 Å². The summed E-state index contributed by atoms with van der Waals surface area (Å²) in [5.74, 6) is -1.09. The maximum Gasteiger partial charge on any atom is 0.413 e. The number of carbonyl (C=O) groups is 1. The van der Waals surface area contributed by atoms with E-state index in [2.05, 4.69) is 4.98 Å². The fourth-order valence-electron chi connectivity index (χ4n) is 1.28. The Morgan fingerprint density at radius 1 is 1.39 bits per heavy atom. The highest BCUT2D eigenvalue weighted by atomic mass is 19.4. The highest BCUT2D eigenvalue weighted by Crippen LogP contribution is 2.29. The summed E-state index contributed by atoms with van der Waals surface area (Å²) in [4.78, 5) is 15.5. The fourth-order valence-corrected chi connectivity index (χ4v) is 1.28. The molecular formula is C12H15F3N2O. The van der Waals surface area contributed by atoms with Gasteiger partial charge in [0, 0.05) is 11.9 Å². The monoisotopic (exact) mass is 260 g/mol. The van der Waals surface area contributed by atoms with Crippen LogP contribution in [0.2, 0.25) is 0 Å². The summed E-state index contributed by atoms with van der Waals surface area (Å²) in [6.45, 7) is 2.61. The van der Waals surface area contributed by atoms with E-state index in [-0.39, 0.29) is 5.69 Å². The highest BCUT2D eigenvalue weighted by molar-refractivity contribution is 5.90. The van der Waals surface area contributed by atoms with Gasteiger partial charge in [0.25, 0.3) is 0 Å². The van der Waals surface area contributed by atoms with Crippen molar-refractivity contribution in [3.63, 3.8) is 0 Å². The smallest absolute Gasteiger partial charge is 0.312 e. The second-order valence-corrected chi connectivity index (χ2v) is 4.31. The van der Waals surface area contributed by atoms with Crippen LogP contribution in [-0.2, 0) is 17.6 Å². The number of Topliss-reactive ketones (excluding diaryl/α,β-unsaturated/α-hetero) is 1. The number of aryl methyl sites for hydroxylation is 1. The molecule has 0 spiro atoms. The maximum atomic E-state index is 12.5. The van der Waals surface area contributed by atoms with Gasteiger partial charge in [0.1, 0.15) is 0 Å². The van der Waals surface area contributed by atoms with Crippen LogP contribution in [0, 0.1) is 0 Å². The summed E-state index contributed by atoms with van der Waals surface area (Å²) < 4.78 is 37.6. The van der Waals surface area contributed by atoms with Gasteiger partial charge in [0.2, 0.25) is 0 Å². The lowest BCUT2D eigenvalue weighted by Crippen LogP contribution is -2.57. The molecule has 1 atom stereocenters. The molecule has 1 aromatic rings. The minimum Gasteiger partial charge on any atom is -0.312 e. The van der Waals surface area contributed by atoms with Gasteiger partial charge >= 0.3 is 6.18 Å². The molecule has 1 rings (SSSR count). The van der Waals surface area contributed by atoms with Crippen molar-refractivity contribution in [3.8, 4) is 0 Å². The quantitative estimate of drug-likeness (QED) is 0.901. The number of alkyl halides is 3. The number of hydrogen-bond acceptors (Lipinski definition) is 3. The number of aromatic nitrogens is 1. The number of carbonyl (C=O) groups excluding carboxylic acids is 1. The number of nitrogens with two attached hydrogens (primary N) is 1. The molecule has 0 bridgehead atoms. The fraction of sp³-hybridized carbons (Fsp3) is 0.500. The molecule has 1 heterocycles. The van der Waals surface area contributed by atoms with Crippen molar-refractivity contribution in [2.45, 2.75) is 38.4 Å². The third kappa shape index (κ3) is 3.07. The zero-order valence-electron chi connectivity index (χ0n) is 10.2. The van der Waals surface area contributed by atoms with Crippen LogP contribution in [0.25, 0.3) is 0 Å². The molecule has 0 saturated carbocycles.